The molecular formula is C16H21N3O4S. The van der Waals surface area contributed by atoms with Gasteiger partial charge >= 0.3 is 0 Å². The summed E-state index contributed by atoms with van der Waals surface area (Å²) in [7, 11) is -3.59. The molecular weight excluding hydrogens is 330 g/mol. The maximum Gasteiger partial charge on any atom is 0.243 e. The van der Waals surface area contributed by atoms with Gasteiger partial charge in [-0.3, -0.25) is 4.79 Å². The third kappa shape index (κ3) is 3.29. The van der Waals surface area contributed by atoms with Gasteiger partial charge in [0.1, 0.15) is 5.52 Å². The Morgan fingerprint density at radius 1 is 1.25 bits per heavy atom. The molecule has 130 valence electrons. The number of nitrogens with zero attached hydrogens (tertiary/aromatic N) is 3. The molecule has 0 bridgehead atoms. The van der Waals surface area contributed by atoms with Crippen molar-refractivity contribution in [3.8, 4) is 0 Å². The molecule has 1 fully saturated rings. The standard InChI is InChI=1S/C16H21N3O4S/c1-2-3-4-16(20)18-7-9-19(10-8-18)24(21,22)13-5-6-14-15(11-13)23-12-17-14/h5-6,11-12H,2-4,7-10H2,1H3. The van der Waals surface area contributed by atoms with Crippen LogP contribution in [0.1, 0.15) is 26.2 Å². The molecule has 3 rings (SSSR count). The molecule has 1 aliphatic heterocycles. The number of hydrogen-bond acceptors (Lipinski definition) is 5. The molecule has 1 aromatic carbocycles. The molecule has 2 heterocycles. The van der Waals surface area contributed by atoms with Gasteiger partial charge in [-0.05, 0) is 18.6 Å². The number of rotatable bonds is 5. The Kier molecular flexibility index (Phi) is 4.86. The molecule has 1 aliphatic rings. The van der Waals surface area contributed by atoms with Crippen LogP contribution in [0.5, 0.6) is 0 Å². The van der Waals surface area contributed by atoms with Gasteiger partial charge in [-0.25, -0.2) is 13.4 Å². The average molecular weight is 351 g/mol. The van der Waals surface area contributed by atoms with Crippen LogP contribution < -0.4 is 0 Å². The van der Waals surface area contributed by atoms with Crippen molar-refractivity contribution in [2.24, 2.45) is 0 Å². The van der Waals surface area contributed by atoms with E-state index >= 15 is 0 Å². The predicted molar refractivity (Wildman–Crippen MR) is 88.9 cm³/mol. The van der Waals surface area contributed by atoms with Crippen LogP contribution in [-0.2, 0) is 14.8 Å². The number of hydrogen-bond donors (Lipinski definition) is 0. The first kappa shape index (κ1) is 16.9. The fourth-order valence-corrected chi connectivity index (χ4v) is 4.25. The smallest absolute Gasteiger partial charge is 0.243 e. The van der Waals surface area contributed by atoms with Gasteiger partial charge in [0.2, 0.25) is 15.9 Å². The first-order valence-electron chi connectivity index (χ1n) is 8.13. The minimum atomic E-state index is -3.59. The second kappa shape index (κ2) is 6.90. The van der Waals surface area contributed by atoms with E-state index in [0.717, 1.165) is 12.8 Å². The third-order valence-electron chi connectivity index (χ3n) is 4.28. The highest BCUT2D eigenvalue weighted by atomic mass is 32.2. The third-order valence-corrected chi connectivity index (χ3v) is 6.17. The van der Waals surface area contributed by atoms with Crippen LogP contribution in [0.25, 0.3) is 11.1 Å². The lowest BCUT2D eigenvalue weighted by Crippen LogP contribution is -2.50. The van der Waals surface area contributed by atoms with Gasteiger partial charge in [0.25, 0.3) is 0 Å². The Labute approximate surface area is 141 Å². The molecule has 1 saturated heterocycles. The SMILES string of the molecule is CCCCC(=O)N1CCN(S(=O)(=O)c2ccc3ncoc3c2)CC1. The highest BCUT2D eigenvalue weighted by molar-refractivity contribution is 7.89. The Hall–Kier alpha value is -1.93. The van der Waals surface area contributed by atoms with Crippen LogP contribution in [0.3, 0.4) is 0 Å². The molecule has 0 radical (unpaired) electrons. The molecule has 0 aliphatic carbocycles. The number of piperazine rings is 1. The average Bonchev–Trinajstić information content (AvgIpc) is 3.07. The number of carbonyl (C=O) groups excluding carboxylic acids is 1. The van der Waals surface area contributed by atoms with Crippen molar-refractivity contribution in [3.63, 3.8) is 0 Å². The summed E-state index contributed by atoms with van der Waals surface area (Å²) in [6.07, 6.45) is 3.67. The van der Waals surface area contributed by atoms with E-state index in [9.17, 15) is 13.2 Å². The number of sulfonamides is 1. The Bertz CT molecular complexity index is 823. The molecule has 8 heteroatoms. The molecule has 7 nitrogen and oxygen atoms in total. The zero-order valence-electron chi connectivity index (χ0n) is 13.6. The number of unbranched alkanes of at least 4 members (excludes halogenated alkanes) is 1. The summed E-state index contributed by atoms with van der Waals surface area (Å²) in [6, 6.07) is 4.67. The van der Waals surface area contributed by atoms with E-state index < -0.39 is 10.0 Å². The van der Waals surface area contributed by atoms with E-state index in [2.05, 4.69) is 4.98 Å². The number of fused-ring (bicyclic) bond motifs is 1. The van der Waals surface area contributed by atoms with Crippen molar-refractivity contribution in [1.29, 1.82) is 0 Å². The van der Waals surface area contributed by atoms with Crippen LogP contribution in [0.4, 0.5) is 0 Å². The highest BCUT2D eigenvalue weighted by Crippen LogP contribution is 2.22. The van der Waals surface area contributed by atoms with Gasteiger partial charge in [-0.2, -0.15) is 4.31 Å². The normalized spacial score (nSPS) is 16.6. The first-order valence-corrected chi connectivity index (χ1v) is 9.57. The Morgan fingerprint density at radius 2 is 2.00 bits per heavy atom. The van der Waals surface area contributed by atoms with Crippen LogP contribution >= 0.6 is 0 Å². The molecule has 0 N–H and O–H groups in total. The topological polar surface area (TPSA) is 83.7 Å². The van der Waals surface area contributed by atoms with E-state index in [1.54, 1.807) is 17.0 Å². The summed E-state index contributed by atoms with van der Waals surface area (Å²) in [5, 5.41) is 0. The lowest BCUT2D eigenvalue weighted by molar-refractivity contribution is -0.132. The van der Waals surface area contributed by atoms with Crippen molar-refractivity contribution in [3.05, 3.63) is 24.6 Å². The molecule has 0 spiro atoms. The zero-order chi connectivity index (χ0) is 17.2. The summed E-state index contributed by atoms with van der Waals surface area (Å²) < 4.78 is 32.1. The second-order valence-electron chi connectivity index (χ2n) is 5.87. The largest absolute Gasteiger partial charge is 0.443 e. The van der Waals surface area contributed by atoms with Crippen LogP contribution in [0, 0.1) is 0 Å². The number of amides is 1. The monoisotopic (exact) mass is 351 g/mol. The zero-order valence-corrected chi connectivity index (χ0v) is 14.5. The van der Waals surface area contributed by atoms with Crippen LogP contribution in [0.15, 0.2) is 33.9 Å². The summed E-state index contributed by atoms with van der Waals surface area (Å²) in [4.78, 5) is 18.0. The predicted octanol–water partition coefficient (Wildman–Crippen LogP) is 1.85. The number of aromatic nitrogens is 1. The minimum absolute atomic E-state index is 0.108. The van der Waals surface area contributed by atoms with Gasteiger partial charge in [0.15, 0.2) is 12.0 Å². The van der Waals surface area contributed by atoms with Gasteiger partial charge in [0, 0.05) is 38.7 Å². The number of benzene rings is 1. The summed E-state index contributed by atoms with van der Waals surface area (Å²) >= 11 is 0. The van der Waals surface area contributed by atoms with Crippen molar-refractivity contribution in [1.82, 2.24) is 14.2 Å². The molecule has 24 heavy (non-hydrogen) atoms. The number of carbonyl (C=O) groups is 1. The minimum Gasteiger partial charge on any atom is -0.443 e. The van der Waals surface area contributed by atoms with Crippen molar-refractivity contribution < 1.29 is 17.6 Å². The second-order valence-corrected chi connectivity index (χ2v) is 7.81. The molecule has 1 amide bonds. The van der Waals surface area contributed by atoms with E-state index in [1.165, 1.54) is 16.8 Å². The van der Waals surface area contributed by atoms with E-state index in [0.29, 0.717) is 43.7 Å². The van der Waals surface area contributed by atoms with Crippen molar-refractivity contribution in [2.75, 3.05) is 26.2 Å². The van der Waals surface area contributed by atoms with E-state index in [4.69, 9.17) is 4.42 Å². The van der Waals surface area contributed by atoms with Crippen molar-refractivity contribution in [2.45, 2.75) is 31.1 Å². The van der Waals surface area contributed by atoms with Crippen LogP contribution in [-0.4, -0.2) is 54.7 Å². The molecule has 0 unspecified atom stereocenters. The summed E-state index contributed by atoms with van der Waals surface area (Å²) in [5.74, 6) is 0.108. The van der Waals surface area contributed by atoms with E-state index in [1.807, 2.05) is 6.92 Å². The maximum atomic E-state index is 12.8. The molecule has 0 atom stereocenters. The first-order chi connectivity index (χ1) is 11.5. The summed E-state index contributed by atoms with van der Waals surface area (Å²) in [5.41, 5.74) is 1.07. The van der Waals surface area contributed by atoms with Gasteiger partial charge < -0.3 is 9.32 Å². The Balaban J connectivity index is 1.69. The molecule has 2 aromatic rings. The number of oxazole rings is 1. The summed E-state index contributed by atoms with van der Waals surface area (Å²) in [6.45, 7) is 3.55. The van der Waals surface area contributed by atoms with E-state index in [-0.39, 0.29) is 10.8 Å². The molecule has 1 aromatic heterocycles. The van der Waals surface area contributed by atoms with Gasteiger partial charge in [-0.1, -0.05) is 13.3 Å². The Morgan fingerprint density at radius 3 is 2.71 bits per heavy atom. The van der Waals surface area contributed by atoms with Crippen LogP contribution in [0.2, 0.25) is 0 Å². The van der Waals surface area contributed by atoms with Gasteiger partial charge in [0.05, 0.1) is 4.90 Å². The fourth-order valence-electron chi connectivity index (χ4n) is 2.81. The lowest BCUT2D eigenvalue weighted by atomic mass is 10.2. The maximum absolute atomic E-state index is 12.8. The van der Waals surface area contributed by atoms with Crippen molar-refractivity contribution >= 4 is 27.0 Å². The fraction of sp³-hybridized carbons (Fsp3) is 0.500. The molecule has 0 saturated carbocycles. The highest BCUT2D eigenvalue weighted by Gasteiger charge is 2.30. The van der Waals surface area contributed by atoms with Gasteiger partial charge in [-0.15, -0.1) is 0 Å². The quantitative estimate of drug-likeness (QED) is 0.821. The lowest BCUT2D eigenvalue weighted by Gasteiger charge is -2.34.